The van der Waals surface area contributed by atoms with Gasteiger partial charge in [0.15, 0.2) is 0 Å². The van der Waals surface area contributed by atoms with Gasteiger partial charge in [-0.15, -0.1) is 0 Å². The normalized spacial score (nSPS) is 11.3. The van der Waals surface area contributed by atoms with Crippen LogP contribution in [0.15, 0.2) is 29.4 Å². The molecule has 0 saturated carbocycles. The molecule has 0 fully saturated rings. The molecule has 3 N–H and O–H groups in total. The highest BCUT2D eigenvalue weighted by atomic mass is 16.2. The number of hydrazone groups is 1. The highest BCUT2D eigenvalue weighted by molar-refractivity contribution is 5.99. The molecule has 18 heavy (non-hydrogen) atoms. The van der Waals surface area contributed by atoms with E-state index in [9.17, 15) is 4.79 Å². The largest absolute Gasteiger partial charge is 0.399 e. The number of nitrogens with zero attached hydrogens (tertiary/aromatic N) is 1. The molecule has 1 rings (SSSR count). The van der Waals surface area contributed by atoms with Crippen molar-refractivity contribution in [3.63, 3.8) is 0 Å². The van der Waals surface area contributed by atoms with Gasteiger partial charge in [-0.3, -0.25) is 4.79 Å². The van der Waals surface area contributed by atoms with Gasteiger partial charge in [-0.25, -0.2) is 5.43 Å². The maximum atomic E-state index is 11.5. The quantitative estimate of drug-likeness (QED) is 0.351. The van der Waals surface area contributed by atoms with Gasteiger partial charge < -0.3 is 5.73 Å². The summed E-state index contributed by atoms with van der Waals surface area (Å²) >= 11 is 0. The molecule has 0 aromatic heterocycles. The van der Waals surface area contributed by atoms with Gasteiger partial charge in [-0.2, -0.15) is 5.10 Å². The van der Waals surface area contributed by atoms with Crippen molar-refractivity contribution in [2.45, 2.75) is 39.5 Å². The number of benzene rings is 1. The van der Waals surface area contributed by atoms with Crippen molar-refractivity contribution in [3.05, 3.63) is 29.8 Å². The second-order valence-electron chi connectivity index (χ2n) is 4.31. The first-order valence-electron chi connectivity index (χ1n) is 6.32. The number of hydrogen-bond donors (Lipinski definition) is 2. The average Bonchev–Trinajstić information content (AvgIpc) is 2.36. The van der Waals surface area contributed by atoms with Crippen LogP contribution in [-0.4, -0.2) is 11.6 Å². The highest BCUT2D eigenvalue weighted by Gasteiger charge is 2.01. The number of rotatable bonds is 6. The molecule has 0 aliphatic carbocycles. The summed E-state index contributed by atoms with van der Waals surface area (Å²) in [6.07, 6.45) is 3.63. The van der Waals surface area contributed by atoms with E-state index in [1.807, 2.05) is 31.2 Å². The summed E-state index contributed by atoms with van der Waals surface area (Å²) in [5.74, 6) is -0.0355. The summed E-state index contributed by atoms with van der Waals surface area (Å²) < 4.78 is 0. The fourth-order valence-electron chi connectivity index (χ4n) is 1.57. The van der Waals surface area contributed by atoms with E-state index in [1.54, 1.807) is 0 Å². The first-order chi connectivity index (χ1) is 8.63. The molecule has 0 aliphatic rings. The van der Waals surface area contributed by atoms with Gasteiger partial charge in [0.05, 0.1) is 5.71 Å². The number of carbonyl (C=O) groups is 1. The van der Waals surface area contributed by atoms with E-state index >= 15 is 0 Å². The third kappa shape index (κ3) is 4.99. The van der Waals surface area contributed by atoms with Crippen molar-refractivity contribution in [2.75, 3.05) is 5.73 Å². The minimum atomic E-state index is -0.0355. The molecule has 0 saturated heterocycles. The summed E-state index contributed by atoms with van der Waals surface area (Å²) in [5.41, 5.74) is 10.6. The van der Waals surface area contributed by atoms with Crippen LogP contribution in [0.5, 0.6) is 0 Å². The Bertz CT molecular complexity index is 427. The number of hydrogen-bond acceptors (Lipinski definition) is 3. The average molecular weight is 247 g/mol. The molecule has 0 spiro atoms. The van der Waals surface area contributed by atoms with Crippen molar-refractivity contribution in [1.29, 1.82) is 0 Å². The Morgan fingerprint density at radius 2 is 2.17 bits per heavy atom. The number of nitrogen functional groups attached to an aromatic ring is 1. The summed E-state index contributed by atoms with van der Waals surface area (Å²) in [6.45, 7) is 3.96. The number of anilines is 1. The van der Waals surface area contributed by atoms with Crippen LogP contribution in [0, 0.1) is 0 Å². The van der Waals surface area contributed by atoms with E-state index in [1.165, 1.54) is 0 Å². The zero-order chi connectivity index (χ0) is 13.4. The Labute approximate surface area is 108 Å². The molecule has 4 heteroatoms. The minimum Gasteiger partial charge on any atom is -0.399 e. The standard InChI is InChI=1S/C14H21N3O/c1-3-4-5-9-14(18)17-16-11(2)12-7-6-8-13(15)10-12/h6-8,10H,3-5,9,15H2,1-2H3,(H,17,18)/b16-11+. The minimum absolute atomic E-state index is 0.0355. The number of unbranched alkanes of at least 4 members (excludes halogenated alkanes) is 2. The fraction of sp³-hybridized carbons (Fsp3) is 0.429. The van der Waals surface area contributed by atoms with Gasteiger partial charge in [0.25, 0.3) is 0 Å². The van der Waals surface area contributed by atoms with Crippen molar-refractivity contribution in [2.24, 2.45) is 5.10 Å². The van der Waals surface area contributed by atoms with E-state index in [-0.39, 0.29) is 5.91 Å². The topological polar surface area (TPSA) is 67.5 Å². The van der Waals surface area contributed by atoms with Crippen molar-refractivity contribution in [3.8, 4) is 0 Å². The van der Waals surface area contributed by atoms with E-state index in [2.05, 4.69) is 17.5 Å². The monoisotopic (exact) mass is 247 g/mol. The summed E-state index contributed by atoms with van der Waals surface area (Å²) in [5, 5.41) is 4.08. The lowest BCUT2D eigenvalue weighted by molar-refractivity contribution is -0.121. The Morgan fingerprint density at radius 3 is 2.83 bits per heavy atom. The molecule has 0 heterocycles. The zero-order valence-electron chi connectivity index (χ0n) is 11.1. The SMILES string of the molecule is CCCCCC(=O)N/N=C(\C)c1cccc(N)c1. The van der Waals surface area contributed by atoms with Crippen LogP contribution in [0.25, 0.3) is 0 Å². The van der Waals surface area contributed by atoms with E-state index < -0.39 is 0 Å². The van der Waals surface area contributed by atoms with Crippen molar-refractivity contribution < 1.29 is 4.79 Å². The lowest BCUT2D eigenvalue weighted by atomic mass is 10.1. The maximum Gasteiger partial charge on any atom is 0.240 e. The smallest absolute Gasteiger partial charge is 0.240 e. The molecule has 0 radical (unpaired) electrons. The summed E-state index contributed by atoms with van der Waals surface area (Å²) in [4.78, 5) is 11.5. The van der Waals surface area contributed by atoms with Crippen LogP contribution >= 0.6 is 0 Å². The second kappa shape index (κ2) is 7.48. The summed E-state index contributed by atoms with van der Waals surface area (Å²) in [7, 11) is 0. The van der Waals surface area contributed by atoms with E-state index in [0.717, 1.165) is 30.5 Å². The Kier molecular flexibility index (Phi) is 5.91. The van der Waals surface area contributed by atoms with Gasteiger partial charge >= 0.3 is 0 Å². The second-order valence-corrected chi connectivity index (χ2v) is 4.31. The van der Waals surface area contributed by atoms with Crippen LogP contribution in [-0.2, 0) is 4.79 Å². The summed E-state index contributed by atoms with van der Waals surface area (Å²) in [6, 6.07) is 7.44. The number of carbonyl (C=O) groups excluding carboxylic acids is 1. The lowest BCUT2D eigenvalue weighted by Gasteiger charge is -2.03. The third-order valence-corrected chi connectivity index (χ3v) is 2.66. The molecule has 1 aromatic carbocycles. The van der Waals surface area contributed by atoms with Crippen LogP contribution in [0.2, 0.25) is 0 Å². The lowest BCUT2D eigenvalue weighted by Crippen LogP contribution is -2.18. The molecule has 1 aromatic rings. The molecular formula is C14H21N3O. The van der Waals surface area contributed by atoms with Crippen LogP contribution in [0.1, 0.15) is 45.1 Å². The Balaban J connectivity index is 2.49. The molecule has 4 nitrogen and oxygen atoms in total. The van der Waals surface area contributed by atoms with Gasteiger partial charge in [0.2, 0.25) is 5.91 Å². The first kappa shape index (κ1) is 14.2. The van der Waals surface area contributed by atoms with Crippen molar-refractivity contribution in [1.82, 2.24) is 5.43 Å². The van der Waals surface area contributed by atoms with Gasteiger partial charge in [0.1, 0.15) is 0 Å². The molecule has 0 atom stereocenters. The maximum absolute atomic E-state index is 11.5. The number of nitrogens with one attached hydrogen (secondary N) is 1. The van der Waals surface area contributed by atoms with Crippen LogP contribution < -0.4 is 11.2 Å². The van der Waals surface area contributed by atoms with Gasteiger partial charge in [0, 0.05) is 12.1 Å². The molecule has 98 valence electrons. The highest BCUT2D eigenvalue weighted by Crippen LogP contribution is 2.07. The van der Waals surface area contributed by atoms with Crippen molar-refractivity contribution >= 4 is 17.3 Å². The molecular weight excluding hydrogens is 226 g/mol. The van der Waals surface area contributed by atoms with Crippen LogP contribution in [0.3, 0.4) is 0 Å². The van der Waals surface area contributed by atoms with E-state index in [4.69, 9.17) is 5.73 Å². The molecule has 0 unspecified atom stereocenters. The van der Waals surface area contributed by atoms with Crippen LogP contribution in [0.4, 0.5) is 5.69 Å². The van der Waals surface area contributed by atoms with Gasteiger partial charge in [-0.05, 0) is 31.0 Å². The van der Waals surface area contributed by atoms with E-state index in [0.29, 0.717) is 12.1 Å². The molecule has 1 amide bonds. The van der Waals surface area contributed by atoms with Gasteiger partial charge in [-0.1, -0.05) is 31.9 Å². The zero-order valence-corrected chi connectivity index (χ0v) is 11.1. The first-order valence-corrected chi connectivity index (χ1v) is 6.32. The molecule has 0 aliphatic heterocycles. The predicted octanol–water partition coefficient (Wildman–Crippen LogP) is 2.69. The number of amides is 1. The third-order valence-electron chi connectivity index (χ3n) is 2.66. The number of nitrogens with two attached hydrogens (primary N) is 1. The molecule has 0 bridgehead atoms. The predicted molar refractivity (Wildman–Crippen MR) is 75.4 cm³/mol. The Hall–Kier alpha value is -1.84. The Morgan fingerprint density at radius 1 is 1.39 bits per heavy atom. The fourth-order valence-corrected chi connectivity index (χ4v) is 1.57.